The van der Waals surface area contributed by atoms with E-state index in [1.807, 2.05) is 24.3 Å². The third-order valence-corrected chi connectivity index (χ3v) is 4.41. The van der Waals surface area contributed by atoms with Crippen molar-refractivity contribution in [3.05, 3.63) is 35.4 Å². The van der Waals surface area contributed by atoms with Gasteiger partial charge >= 0.3 is 0 Å². The van der Waals surface area contributed by atoms with Crippen LogP contribution in [0, 0.1) is 0 Å². The lowest BCUT2D eigenvalue weighted by Crippen LogP contribution is -2.02. The van der Waals surface area contributed by atoms with Crippen LogP contribution in [-0.4, -0.2) is 8.42 Å². The highest BCUT2D eigenvalue weighted by Crippen LogP contribution is 2.26. The molecule has 0 heterocycles. The van der Waals surface area contributed by atoms with Gasteiger partial charge in [0.1, 0.15) is 0 Å². The molecule has 0 aliphatic rings. The Bertz CT molecular complexity index is 420. The highest BCUT2D eigenvalue weighted by Gasteiger charge is 2.19. The van der Waals surface area contributed by atoms with E-state index >= 15 is 0 Å². The molecule has 0 bridgehead atoms. The first-order chi connectivity index (χ1) is 6.82. The van der Waals surface area contributed by atoms with Crippen molar-refractivity contribution >= 4 is 19.7 Å². The predicted molar refractivity (Wildman–Crippen MR) is 63.7 cm³/mol. The quantitative estimate of drug-likeness (QED) is 0.766. The first-order valence-corrected chi connectivity index (χ1v) is 7.23. The van der Waals surface area contributed by atoms with Crippen LogP contribution >= 0.6 is 10.7 Å². The van der Waals surface area contributed by atoms with Gasteiger partial charge in [0.05, 0.1) is 5.25 Å². The molecule has 84 valence electrons. The number of rotatable bonds is 3. The molecule has 15 heavy (non-hydrogen) atoms. The second kappa shape index (κ2) is 4.54. The minimum absolute atomic E-state index is 0.446. The maximum atomic E-state index is 11.1. The van der Waals surface area contributed by atoms with Crippen molar-refractivity contribution in [1.29, 1.82) is 0 Å². The number of hydrogen-bond donors (Lipinski definition) is 0. The summed E-state index contributed by atoms with van der Waals surface area (Å²) < 4.78 is 22.2. The maximum absolute atomic E-state index is 11.1. The van der Waals surface area contributed by atoms with Crippen LogP contribution in [0.2, 0.25) is 0 Å². The first kappa shape index (κ1) is 12.5. The van der Waals surface area contributed by atoms with Gasteiger partial charge in [0.25, 0.3) is 0 Å². The zero-order valence-corrected chi connectivity index (χ0v) is 10.6. The Labute approximate surface area is 95.7 Å². The van der Waals surface area contributed by atoms with Gasteiger partial charge in [-0.2, -0.15) is 0 Å². The van der Waals surface area contributed by atoms with Gasteiger partial charge in [0.15, 0.2) is 0 Å². The molecule has 0 aliphatic carbocycles. The molecular formula is C11H15ClO2S. The van der Waals surface area contributed by atoms with Gasteiger partial charge in [-0.15, -0.1) is 0 Å². The van der Waals surface area contributed by atoms with Crippen molar-refractivity contribution in [2.75, 3.05) is 0 Å². The average molecular weight is 247 g/mol. The molecular weight excluding hydrogens is 232 g/mol. The molecule has 1 aromatic rings. The van der Waals surface area contributed by atoms with E-state index in [0.29, 0.717) is 5.92 Å². The van der Waals surface area contributed by atoms with E-state index in [2.05, 4.69) is 13.8 Å². The third-order valence-electron chi connectivity index (χ3n) is 2.49. The molecule has 0 fully saturated rings. The molecule has 0 saturated heterocycles. The molecule has 1 aromatic carbocycles. The lowest BCUT2D eigenvalue weighted by molar-refractivity contribution is 0.600. The fraction of sp³-hybridized carbons (Fsp3) is 0.455. The van der Waals surface area contributed by atoms with Gasteiger partial charge in [-0.05, 0) is 24.0 Å². The van der Waals surface area contributed by atoms with Crippen LogP contribution in [0.5, 0.6) is 0 Å². The maximum Gasteiger partial charge on any atom is 0.239 e. The van der Waals surface area contributed by atoms with Gasteiger partial charge in [-0.3, -0.25) is 0 Å². The molecule has 0 aromatic heterocycles. The monoisotopic (exact) mass is 246 g/mol. The third kappa shape index (κ3) is 3.21. The summed E-state index contributed by atoms with van der Waals surface area (Å²) >= 11 is 0. The lowest BCUT2D eigenvalue weighted by atomic mass is 10.0. The minimum Gasteiger partial charge on any atom is -0.212 e. The van der Waals surface area contributed by atoms with Crippen LogP contribution in [0.25, 0.3) is 0 Å². The Kier molecular flexibility index (Phi) is 3.79. The van der Waals surface area contributed by atoms with Crippen molar-refractivity contribution in [2.24, 2.45) is 0 Å². The summed E-state index contributed by atoms with van der Waals surface area (Å²) in [6, 6.07) is 7.52. The van der Waals surface area contributed by atoms with Crippen molar-refractivity contribution in [1.82, 2.24) is 0 Å². The molecule has 0 N–H and O–H groups in total. The van der Waals surface area contributed by atoms with Gasteiger partial charge in [-0.1, -0.05) is 38.1 Å². The molecule has 1 unspecified atom stereocenters. The summed E-state index contributed by atoms with van der Waals surface area (Å²) in [6.07, 6.45) is 0. The molecule has 0 radical (unpaired) electrons. The highest BCUT2D eigenvalue weighted by atomic mass is 35.7. The van der Waals surface area contributed by atoms with E-state index in [1.54, 1.807) is 6.92 Å². The SMILES string of the molecule is CC(C)c1ccc(C(C)S(=O)(=O)Cl)cc1. The molecule has 0 saturated carbocycles. The summed E-state index contributed by atoms with van der Waals surface area (Å²) in [5.74, 6) is 0.446. The standard InChI is InChI=1S/C11H15ClO2S/c1-8(2)10-4-6-11(7-5-10)9(3)15(12,13)14/h4-9H,1-3H3. The minimum atomic E-state index is -3.52. The molecule has 0 amide bonds. The van der Waals surface area contributed by atoms with E-state index in [4.69, 9.17) is 10.7 Å². The zero-order valence-electron chi connectivity index (χ0n) is 9.07. The van der Waals surface area contributed by atoms with E-state index in [1.165, 1.54) is 5.56 Å². The largest absolute Gasteiger partial charge is 0.239 e. The fourth-order valence-corrected chi connectivity index (χ4v) is 2.11. The van der Waals surface area contributed by atoms with Crippen LogP contribution in [-0.2, 0) is 9.05 Å². The normalized spacial score (nSPS) is 14.2. The smallest absolute Gasteiger partial charge is 0.212 e. The second-order valence-corrected chi connectivity index (χ2v) is 6.89. The van der Waals surface area contributed by atoms with Gasteiger partial charge in [-0.25, -0.2) is 8.42 Å². The molecule has 1 atom stereocenters. The van der Waals surface area contributed by atoms with Gasteiger partial charge in [0.2, 0.25) is 9.05 Å². The molecule has 2 nitrogen and oxygen atoms in total. The number of halogens is 1. The van der Waals surface area contributed by atoms with Crippen molar-refractivity contribution in [3.8, 4) is 0 Å². The summed E-state index contributed by atoms with van der Waals surface area (Å²) in [6.45, 7) is 5.78. The zero-order chi connectivity index (χ0) is 11.6. The van der Waals surface area contributed by atoms with Crippen molar-refractivity contribution < 1.29 is 8.42 Å². The average Bonchev–Trinajstić information content (AvgIpc) is 2.15. The molecule has 0 spiro atoms. The number of hydrogen-bond acceptors (Lipinski definition) is 2. The summed E-state index contributed by atoms with van der Waals surface area (Å²) in [4.78, 5) is 0. The van der Waals surface area contributed by atoms with Gasteiger partial charge < -0.3 is 0 Å². The van der Waals surface area contributed by atoms with Crippen LogP contribution in [0.3, 0.4) is 0 Å². The Balaban J connectivity index is 3.00. The van der Waals surface area contributed by atoms with Crippen molar-refractivity contribution in [3.63, 3.8) is 0 Å². The highest BCUT2D eigenvalue weighted by molar-refractivity contribution is 8.13. The molecule has 4 heteroatoms. The van der Waals surface area contributed by atoms with Crippen molar-refractivity contribution in [2.45, 2.75) is 31.9 Å². The van der Waals surface area contributed by atoms with Crippen LogP contribution in [0.1, 0.15) is 43.1 Å². The lowest BCUT2D eigenvalue weighted by Gasteiger charge is -2.10. The predicted octanol–water partition coefficient (Wildman–Crippen LogP) is 3.44. The summed E-state index contributed by atoms with van der Waals surface area (Å²) in [7, 11) is 1.78. The van der Waals surface area contributed by atoms with E-state index in [0.717, 1.165) is 5.56 Å². The Hall–Kier alpha value is -0.540. The first-order valence-electron chi connectivity index (χ1n) is 4.85. The Morgan fingerprint density at radius 2 is 1.40 bits per heavy atom. The summed E-state index contributed by atoms with van der Waals surface area (Å²) in [5.41, 5.74) is 1.92. The van der Waals surface area contributed by atoms with Crippen LogP contribution in [0.15, 0.2) is 24.3 Å². The topological polar surface area (TPSA) is 34.1 Å². The summed E-state index contributed by atoms with van der Waals surface area (Å²) in [5, 5.41) is -0.652. The van der Waals surface area contributed by atoms with E-state index in [-0.39, 0.29) is 0 Å². The Morgan fingerprint density at radius 3 is 1.73 bits per heavy atom. The van der Waals surface area contributed by atoms with Crippen LogP contribution < -0.4 is 0 Å². The Morgan fingerprint density at radius 1 is 1.00 bits per heavy atom. The van der Waals surface area contributed by atoms with E-state index in [9.17, 15) is 8.42 Å². The molecule has 0 aliphatic heterocycles. The number of benzene rings is 1. The second-order valence-electron chi connectivity index (χ2n) is 3.94. The van der Waals surface area contributed by atoms with E-state index < -0.39 is 14.3 Å². The molecule has 1 rings (SSSR count). The van der Waals surface area contributed by atoms with Gasteiger partial charge in [0, 0.05) is 10.7 Å². The van der Waals surface area contributed by atoms with Crippen LogP contribution in [0.4, 0.5) is 0 Å². The fourth-order valence-electron chi connectivity index (χ4n) is 1.31.